The van der Waals surface area contributed by atoms with Crippen LogP contribution in [0.5, 0.6) is 0 Å². The SMILES string of the molecule is CN1CCN(CCNc2ccnc(N)n2)CC1. The second-order valence-electron chi connectivity index (χ2n) is 4.37. The molecule has 0 radical (unpaired) electrons. The monoisotopic (exact) mass is 236 g/mol. The van der Waals surface area contributed by atoms with Crippen molar-refractivity contribution in [2.45, 2.75) is 0 Å². The Hall–Kier alpha value is -1.40. The van der Waals surface area contributed by atoms with E-state index in [1.165, 1.54) is 0 Å². The van der Waals surface area contributed by atoms with Gasteiger partial charge in [0.2, 0.25) is 5.95 Å². The number of aromatic nitrogens is 2. The van der Waals surface area contributed by atoms with Gasteiger partial charge in [0, 0.05) is 45.5 Å². The largest absolute Gasteiger partial charge is 0.369 e. The zero-order valence-electron chi connectivity index (χ0n) is 10.3. The Morgan fingerprint density at radius 3 is 2.82 bits per heavy atom. The van der Waals surface area contributed by atoms with E-state index in [-0.39, 0.29) is 0 Å². The van der Waals surface area contributed by atoms with Gasteiger partial charge >= 0.3 is 0 Å². The minimum atomic E-state index is 0.314. The van der Waals surface area contributed by atoms with Crippen molar-refractivity contribution in [2.24, 2.45) is 0 Å². The molecule has 2 rings (SSSR count). The molecule has 0 unspecified atom stereocenters. The number of nitrogens with one attached hydrogen (secondary N) is 1. The van der Waals surface area contributed by atoms with Gasteiger partial charge in [0.25, 0.3) is 0 Å². The predicted molar refractivity (Wildman–Crippen MR) is 68.9 cm³/mol. The number of nitrogen functional groups attached to an aromatic ring is 1. The average Bonchev–Trinajstić information content (AvgIpc) is 2.32. The predicted octanol–water partition coefficient (Wildman–Crippen LogP) is -0.282. The van der Waals surface area contributed by atoms with Crippen LogP contribution in [0.3, 0.4) is 0 Å². The fraction of sp³-hybridized carbons (Fsp3) is 0.636. The Morgan fingerprint density at radius 1 is 1.35 bits per heavy atom. The molecule has 0 spiro atoms. The van der Waals surface area contributed by atoms with E-state index in [1.807, 2.05) is 6.07 Å². The first-order valence-corrected chi connectivity index (χ1v) is 5.97. The van der Waals surface area contributed by atoms with Gasteiger partial charge in [-0.3, -0.25) is 4.90 Å². The quantitative estimate of drug-likeness (QED) is 0.749. The highest BCUT2D eigenvalue weighted by Crippen LogP contribution is 2.03. The molecule has 1 aromatic rings. The molecule has 2 heterocycles. The van der Waals surface area contributed by atoms with E-state index >= 15 is 0 Å². The fourth-order valence-electron chi connectivity index (χ4n) is 1.89. The summed E-state index contributed by atoms with van der Waals surface area (Å²) < 4.78 is 0. The van der Waals surface area contributed by atoms with Gasteiger partial charge in [-0.15, -0.1) is 0 Å². The highest BCUT2D eigenvalue weighted by atomic mass is 15.2. The van der Waals surface area contributed by atoms with E-state index in [0.29, 0.717) is 5.95 Å². The van der Waals surface area contributed by atoms with Crippen LogP contribution in [-0.4, -0.2) is 66.1 Å². The first-order chi connectivity index (χ1) is 8.24. The Kier molecular flexibility index (Phi) is 4.11. The molecular formula is C11H20N6. The number of likely N-dealkylation sites (N-methyl/N-ethyl adjacent to an activating group) is 1. The van der Waals surface area contributed by atoms with Crippen molar-refractivity contribution >= 4 is 11.8 Å². The van der Waals surface area contributed by atoms with Crippen LogP contribution in [0.4, 0.5) is 11.8 Å². The molecule has 1 aliphatic rings. The van der Waals surface area contributed by atoms with Gasteiger partial charge in [0.15, 0.2) is 0 Å². The summed E-state index contributed by atoms with van der Waals surface area (Å²) in [6.45, 7) is 6.52. The molecule has 0 aromatic carbocycles. The molecule has 0 aliphatic carbocycles. The van der Waals surface area contributed by atoms with E-state index < -0.39 is 0 Å². The third kappa shape index (κ3) is 3.83. The summed E-state index contributed by atoms with van der Waals surface area (Å²) in [6.07, 6.45) is 1.67. The molecule has 6 heteroatoms. The molecule has 1 fully saturated rings. The van der Waals surface area contributed by atoms with Crippen LogP contribution >= 0.6 is 0 Å². The number of rotatable bonds is 4. The van der Waals surface area contributed by atoms with E-state index in [2.05, 4.69) is 32.1 Å². The Labute approximate surface area is 102 Å². The average molecular weight is 236 g/mol. The lowest BCUT2D eigenvalue weighted by atomic mass is 10.3. The second-order valence-corrected chi connectivity index (χ2v) is 4.37. The molecule has 3 N–H and O–H groups in total. The maximum Gasteiger partial charge on any atom is 0.221 e. The van der Waals surface area contributed by atoms with Crippen LogP contribution in [-0.2, 0) is 0 Å². The van der Waals surface area contributed by atoms with Crippen molar-refractivity contribution in [3.05, 3.63) is 12.3 Å². The number of hydrogen-bond donors (Lipinski definition) is 2. The first-order valence-electron chi connectivity index (χ1n) is 5.97. The van der Waals surface area contributed by atoms with Crippen LogP contribution in [0.2, 0.25) is 0 Å². The van der Waals surface area contributed by atoms with Crippen LogP contribution < -0.4 is 11.1 Å². The lowest BCUT2D eigenvalue weighted by Gasteiger charge is -2.32. The van der Waals surface area contributed by atoms with Gasteiger partial charge in [0.05, 0.1) is 0 Å². The molecule has 94 valence electrons. The summed E-state index contributed by atoms with van der Waals surface area (Å²) in [5.74, 6) is 1.11. The molecule has 0 atom stereocenters. The van der Waals surface area contributed by atoms with Crippen LogP contribution in [0.15, 0.2) is 12.3 Å². The van der Waals surface area contributed by atoms with Crippen molar-refractivity contribution in [1.82, 2.24) is 19.8 Å². The molecule has 6 nitrogen and oxygen atoms in total. The standard InChI is InChI=1S/C11H20N6/c1-16-6-8-17(9-7-16)5-4-13-10-2-3-14-11(12)15-10/h2-3H,4-9H2,1H3,(H3,12,13,14,15). The maximum absolute atomic E-state index is 5.51. The number of hydrogen-bond acceptors (Lipinski definition) is 6. The molecule has 1 saturated heterocycles. The van der Waals surface area contributed by atoms with Gasteiger partial charge < -0.3 is 16.0 Å². The van der Waals surface area contributed by atoms with E-state index in [4.69, 9.17) is 5.73 Å². The van der Waals surface area contributed by atoms with Gasteiger partial charge in [-0.1, -0.05) is 0 Å². The van der Waals surface area contributed by atoms with Gasteiger partial charge in [-0.05, 0) is 13.1 Å². The second kappa shape index (κ2) is 5.79. The molecule has 0 amide bonds. The topological polar surface area (TPSA) is 70.3 Å². The molecular weight excluding hydrogens is 216 g/mol. The number of nitrogens with zero attached hydrogens (tertiary/aromatic N) is 4. The van der Waals surface area contributed by atoms with Crippen molar-refractivity contribution < 1.29 is 0 Å². The normalized spacial score (nSPS) is 18.2. The first kappa shape index (κ1) is 12.1. The van der Waals surface area contributed by atoms with Crippen molar-refractivity contribution in [3.63, 3.8) is 0 Å². The highest BCUT2D eigenvalue weighted by molar-refractivity contribution is 5.37. The zero-order chi connectivity index (χ0) is 12.1. The molecule has 1 aromatic heterocycles. The minimum Gasteiger partial charge on any atom is -0.369 e. The van der Waals surface area contributed by atoms with Crippen molar-refractivity contribution in [2.75, 3.05) is 57.4 Å². The Morgan fingerprint density at radius 2 is 2.12 bits per heavy atom. The summed E-state index contributed by atoms with van der Waals surface area (Å²) >= 11 is 0. The third-order valence-corrected chi connectivity index (χ3v) is 3.00. The van der Waals surface area contributed by atoms with Gasteiger partial charge in [-0.25, -0.2) is 4.98 Å². The summed E-state index contributed by atoms with van der Waals surface area (Å²) in [6, 6.07) is 1.83. The third-order valence-electron chi connectivity index (χ3n) is 3.00. The smallest absolute Gasteiger partial charge is 0.221 e. The lowest BCUT2D eigenvalue weighted by molar-refractivity contribution is 0.158. The van der Waals surface area contributed by atoms with Gasteiger partial charge in [0.1, 0.15) is 5.82 Å². The molecule has 1 aliphatic heterocycles. The summed E-state index contributed by atoms with van der Waals surface area (Å²) in [5, 5.41) is 3.26. The molecule has 0 saturated carbocycles. The van der Waals surface area contributed by atoms with Crippen LogP contribution in [0, 0.1) is 0 Å². The number of nitrogens with two attached hydrogens (primary N) is 1. The van der Waals surface area contributed by atoms with Crippen LogP contribution in [0.1, 0.15) is 0 Å². The summed E-state index contributed by atoms with van der Waals surface area (Å²) in [4.78, 5) is 12.8. The van der Waals surface area contributed by atoms with Crippen molar-refractivity contribution in [3.8, 4) is 0 Å². The van der Waals surface area contributed by atoms with Gasteiger partial charge in [-0.2, -0.15) is 4.98 Å². The fourth-order valence-corrected chi connectivity index (χ4v) is 1.89. The number of piperazine rings is 1. The molecule has 17 heavy (non-hydrogen) atoms. The zero-order valence-corrected chi connectivity index (χ0v) is 10.3. The van der Waals surface area contributed by atoms with E-state index in [0.717, 1.165) is 45.1 Å². The maximum atomic E-state index is 5.51. The van der Waals surface area contributed by atoms with E-state index in [9.17, 15) is 0 Å². The Bertz CT molecular complexity index is 348. The number of anilines is 2. The minimum absolute atomic E-state index is 0.314. The molecule has 0 bridgehead atoms. The highest BCUT2D eigenvalue weighted by Gasteiger charge is 2.12. The Balaban J connectivity index is 1.69. The van der Waals surface area contributed by atoms with E-state index in [1.54, 1.807) is 6.20 Å². The summed E-state index contributed by atoms with van der Waals surface area (Å²) in [7, 11) is 2.17. The van der Waals surface area contributed by atoms with Crippen molar-refractivity contribution in [1.29, 1.82) is 0 Å². The van der Waals surface area contributed by atoms with Crippen LogP contribution in [0.25, 0.3) is 0 Å². The lowest BCUT2D eigenvalue weighted by Crippen LogP contribution is -2.45. The summed E-state index contributed by atoms with van der Waals surface area (Å²) in [5.41, 5.74) is 5.51.